The molecule has 1 fully saturated rings. The second kappa shape index (κ2) is 5.43. The molecule has 1 saturated carbocycles. The number of carbonyl (C=O) groups excluding carboxylic acids is 1. The number of halogens is 1. The summed E-state index contributed by atoms with van der Waals surface area (Å²) in [5.74, 6) is 0.677. The quantitative estimate of drug-likeness (QED) is 0.864. The van der Waals surface area contributed by atoms with Gasteiger partial charge in [-0.3, -0.25) is 4.79 Å². The summed E-state index contributed by atoms with van der Waals surface area (Å²) in [6.45, 7) is 0. The maximum absolute atomic E-state index is 11.8. The number of nitrogens with zero attached hydrogens (tertiary/aromatic N) is 1. The minimum atomic E-state index is 0.0978. The molecular formula is C12H15BrN2O. The van der Waals surface area contributed by atoms with Crippen LogP contribution in [0.2, 0.25) is 0 Å². The number of rotatable bonds is 3. The fraction of sp³-hybridized carbons (Fsp3) is 0.500. The zero-order chi connectivity index (χ0) is 11.4. The third kappa shape index (κ3) is 3.04. The van der Waals surface area contributed by atoms with E-state index in [2.05, 4.69) is 26.2 Å². The lowest BCUT2D eigenvalue weighted by Crippen LogP contribution is -2.15. The van der Waals surface area contributed by atoms with Crippen molar-refractivity contribution in [3.63, 3.8) is 0 Å². The van der Waals surface area contributed by atoms with Crippen LogP contribution in [0.3, 0.4) is 0 Å². The van der Waals surface area contributed by atoms with E-state index in [1.807, 2.05) is 12.1 Å². The zero-order valence-corrected chi connectivity index (χ0v) is 10.7. The molecule has 0 spiro atoms. The largest absolute Gasteiger partial charge is 0.324 e. The summed E-state index contributed by atoms with van der Waals surface area (Å²) in [7, 11) is 0. The molecule has 1 aromatic heterocycles. The number of aromatic nitrogens is 1. The van der Waals surface area contributed by atoms with E-state index < -0.39 is 0 Å². The number of anilines is 1. The molecule has 1 N–H and O–H groups in total. The van der Waals surface area contributed by atoms with Crippen molar-refractivity contribution < 1.29 is 4.79 Å². The smallest absolute Gasteiger partial charge is 0.224 e. The van der Waals surface area contributed by atoms with Gasteiger partial charge in [0.15, 0.2) is 0 Å². The van der Waals surface area contributed by atoms with Gasteiger partial charge in [-0.15, -0.1) is 0 Å². The minimum Gasteiger partial charge on any atom is -0.324 e. The Morgan fingerprint density at radius 2 is 2.25 bits per heavy atom. The first-order chi connectivity index (χ1) is 7.75. The third-order valence-electron chi connectivity index (χ3n) is 2.98. The van der Waals surface area contributed by atoms with E-state index >= 15 is 0 Å². The Bertz CT molecular complexity index is 375. The van der Waals surface area contributed by atoms with Crippen molar-refractivity contribution in [2.45, 2.75) is 32.1 Å². The number of hydrogen-bond donors (Lipinski definition) is 1. The molecule has 86 valence electrons. The van der Waals surface area contributed by atoms with E-state index in [9.17, 15) is 4.79 Å². The van der Waals surface area contributed by atoms with Gasteiger partial charge in [0, 0.05) is 12.6 Å². The Kier molecular flexibility index (Phi) is 3.93. The molecule has 0 bridgehead atoms. The molecule has 3 nitrogen and oxygen atoms in total. The van der Waals surface area contributed by atoms with Gasteiger partial charge in [-0.2, -0.15) is 0 Å². The first-order valence-corrected chi connectivity index (χ1v) is 6.45. The van der Waals surface area contributed by atoms with E-state index in [1.54, 1.807) is 6.20 Å². The van der Waals surface area contributed by atoms with E-state index in [-0.39, 0.29) is 5.91 Å². The number of nitrogens with one attached hydrogen (secondary N) is 1. The standard InChI is InChI=1S/C12H15BrN2O/c13-12-10(6-3-7-14-12)15-11(16)8-9-4-1-2-5-9/h3,6-7,9H,1-2,4-5,8H2,(H,15,16). The number of pyridine rings is 1. The predicted molar refractivity (Wildman–Crippen MR) is 67.1 cm³/mol. The van der Waals surface area contributed by atoms with Crippen LogP contribution in [-0.4, -0.2) is 10.9 Å². The molecule has 0 aliphatic heterocycles. The highest BCUT2D eigenvalue weighted by molar-refractivity contribution is 9.10. The number of carbonyl (C=O) groups is 1. The van der Waals surface area contributed by atoms with Gasteiger partial charge in [0.1, 0.15) is 4.60 Å². The van der Waals surface area contributed by atoms with Crippen LogP contribution in [0.5, 0.6) is 0 Å². The molecule has 0 radical (unpaired) electrons. The molecule has 1 heterocycles. The average molecular weight is 283 g/mol. The van der Waals surface area contributed by atoms with Crippen LogP contribution >= 0.6 is 15.9 Å². The highest BCUT2D eigenvalue weighted by Gasteiger charge is 2.18. The molecule has 1 aliphatic rings. The Balaban J connectivity index is 1.89. The highest BCUT2D eigenvalue weighted by Crippen LogP contribution is 2.28. The molecule has 0 aromatic carbocycles. The van der Waals surface area contributed by atoms with Gasteiger partial charge in [0.2, 0.25) is 5.91 Å². The maximum Gasteiger partial charge on any atom is 0.224 e. The lowest BCUT2D eigenvalue weighted by Gasteiger charge is -2.10. The van der Waals surface area contributed by atoms with Crippen molar-refractivity contribution in [3.05, 3.63) is 22.9 Å². The van der Waals surface area contributed by atoms with Crippen molar-refractivity contribution in [1.29, 1.82) is 0 Å². The summed E-state index contributed by atoms with van der Waals surface area (Å²) in [6.07, 6.45) is 7.27. The van der Waals surface area contributed by atoms with Crippen LogP contribution in [-0.2, 0) is 4.79 Å². The van der Waals surface area contributed by atoms with Crippen LogP contribution in [0.25, 0.3) is 0 Å². The van der Waals surface area contributed by atoms with E-state index in [0.29, 0.717) is 16.9 Å². The second-order valence-electron chi connectivity index (χ2n) is 4.24. The molecule has 1 aliphatic carbocycles. The van der Waals surface area contributed by atoms with Crippen LogP contribution in [0, 0.1) is 5.92 Å². The van der Waals surface area contributed by atoms with Gasteiger partial charge in [-0.05, 0) is 46.8 Å². The molecule has 1 aromatic rings. The monoisotopic (exact) mass is 282 g/mol. The van der Waals surface area contributed by atoms with E-state index in [1.165, 1.54) is 25.7 Å². The summed E-state index contributed by atoms with van der Waals surface area (Å²) < 4.78 is 0.690. The third-order valence-corrected chi connectivity index (χ3v) is 3.61. The topological polar surface area (TPSA) is 42.0 Å². The highest BCUT2D eigenvalue weighted by atomic mass is 79.9. The SMILES string of the molecule is O=C(CC1CCCC1)Nc1cccnc1Br. The predicted octanol–water partition coefficient (Wildman–Crippen LogP) is 3.36. The molecule has 0 atom stereocenters. The molecule has 1 amide bonds. The second-order valence-corrected chi connectivity index (χ2v) is 5.00. The van der Waals surface area contributed by atoms with Crippen LogP contribution in [0.4, 0.5) is 5.69 Å². The van der Waals surface area contributed by atoms with Gasteiger partial charge < -0.3 is 5.32 Å². The molecule has 2 rings (SSSR count). The summed E-state index contributed by atoms with van der Waals surface area (Å²) in [5, 5.41) is 2.89. The minimum absolute atomic E-state index is 0.0978. The normalized spacial score (nSPS) is 16.3. The van der Waals surface area contributed by atoms with Crippen molar-refractivity contribution in [1.82, 2.24) is 4.98 Å². The van der Waals surface area contributed by atoms with Crippen molar-refractivity contribution in [2.75, 3.05) is 5.32 Å². The summed E-state index contributed by atoms with van der Waals surface area (Å²) in [4.78, 5) is 15.8. The summed E-state index contributed by atoms with van der Waals surface area (Å²) in [6, 6.07) is 3.67. The fourth-order valence-corrected chi connectivity index (χ4v) is 2.51. The van der Waals surface area contributed by atoms with Gasteiger partial charge in [0.05, 0.1) is 5.69 Å². The van der Waals surface area contributed by atoms with Crippen molar-refractivity contribution in [3.8, 4) is 0 Å². The first kappa shape index (κ1) is 11.6. The Morgan fingerprint density at radius 1 is 1.50 bits per heavy atom. The number of amides is 1. The number of hydrogen-bond acceptors (Lipinski definition) is 2. The Labute approximate surface area is 104 Å². The Morgan fingerprint density at radius 3 is 2.94 bits per heavy atom. The van der Waals surface area contributed by atoms with Gasteiger partial charge in [-0.1, -0.05) is 12.8 Å². The van der Waals surface area contributed by atoms with Crippen LogP contribution in [0.15, 0.2) is 22.9 Å². The van der Waals surface area contributed by atoms with Gasteiger partial charge in [0.25, 0.3) is 0 Å². The lowest BCUT2D eigenvalue weighted by atomic mass is 10.0. The van der Waals surface area contributed by atoms with Gasteiger partial charge in [-0.25, -0.2) is 4.98 Å². The lowest BCUT2D eigenvalue weighted by molar-refractivity contribution is -0.117. The summed E-state index contributed by atoms with van der Waals surface area (Å²) in [5.41, 5.74) is 0.755. The van der Waals surface area contributed by atoms with E-state index in [0.717, 1.165) is 5.69 Å². The zero-order valence-electron chi connectivity index (χ0n) is 9.08. The summed E-state index contributed by atoms with van der Waals surface area (Å²) >= 11 is 3.31. The first-order valence-electron chi connectivity index (χ1n) is 5.66. The molecular weight excluding hydrogens is 268 g/mol. The van der Waals surface area contributed by atoms with Gasteiger partial charge >= 0.3 is 0 Å². The van der Waals surface area contributed by atoms with Crippen LogP contribution < -0.4 is 5.32 Å². The molecule has 0 saturated heterocycles. The van der Waals surface area contributed by atoms with E-state index in [4.69, 9.17) is 0 Å². The average Bonchev–Trinajstić information content (AvgIpc) is 2.74. The molecule has 4 heteroatoms. The fourth-order valence-electron chi connectivity index (χ4n) is 2.16. The Hall–Kier alpha value is -0.900. The van der Waals surface area contributed by atoms with Crippen molar-refractivity contribution >= 4 is 27.5 Å². The van der Waals surface area contributed by atoms with Crippen molar-refractivity contribution in [2.24, 2.45) is 5.92 Å². The van der Waals surface area contributed by atoms with Crippen LogP contribution in [0.1, 0.15) is 32.1 Å². The molecule has 16 heavy (non-hydrogen) atoms. The molecule has 0 unspecified atom stereocenters. The maximum atomic E-state index is 11.8.